The number of aromatic amines is 1. The smallest absolute Gasteiger partial charge is 0.344 e. The number of hydrogen-bond donors (Lipinski definition) is 2. The Balaban J connectivity index is 1.49. The van der Waals surface area contributed by atoms with E-state index in [2.05, 4.69) is 11.1 Å². The van der Waals surface area contributed by atoms with E-state index < -0.39 is 12.1 Å². The number of amides is 1. The predicted molar refractivity (Wildman–Crippen MR) is 154 cm³/mol. The molecule has 1 saturated heterocycles. The molecule has 198 valence electrons. The average molecular weight is 542 g/mol. The number of fused-ring (bicyclic) bond motifs is 1. The first-order valence-electron chi connectivity index (χ1n) is 12.4. The van der Waals surface area contributed by atoms with E-state index in [9.17, 15) is 14.7 Å². The Hall–Kier alpha value is -4.50. The Kier molecular flexibility index (Phi) is 7.69. The molecule has 1 atom stereocenters. The van der Waals surface area contributed by atoms with Gasteiger partial charge in [-0.05, 0) is 61.0 Å². The molecule has 9 heteroatoms. The number of ether oxygens (including phenoxy) is 2. The van der Waals surface area contributed by atoms with Crippen LogP contribution in [0, 0.1) is 0 Å². The van der Waals surface area contributed by atoms with Gasteiger partial charge in [-0.2, -0.15) is 0 Å². The summed E-state index contributed by atoms with van der Waals surface area (Å²) in [5.74, 6) is -0.655. The van der Waals surface area contributed by atoms with Crippen molar-refractivity contribution in [3.63, 3.8) is 0 Å². The van der Waals surface area contributed by atoms with Gasteiger partial charge in [0.25, 0.3) is 5.91 Å². The van der Waals surface area contributed by atoms with Crippen molar-refractivity contribution < 1.29 is 24.2 Å². The fourth-order valence-electron chi connectivity index (χ4n) is 4.27. The second-order valence-electron chi connectivity index (χ2n) is 8.88. The molecule has 0 unspecified atom stereocenters. The van der Waals surface area contributed by atoms with Gasteiger partial charge < -0.3 is 19.6 Å². The van der Waals surface area contributed by atoms with Crippen molar-refractivity contribution in [3.05, 3.63) is 95.0 Å². The van der Waals surface area contributed by atoms with Gasteiger partial charge in [-0.25, -0.2) is 9.79 Å². The summed E-state index contributed by atoms with van der Waals surface area (Å²) in [7, 11) is 1.48. The number of nitrogens with one attached hydrogen (secondary N) is 1. The molecule has 0 saturated carbocycles. The highest BCUT2D eigenvalue weighted by atomic mass is 32.2. The minimum Gasteiger partial charge on any atom is -0.493 e. The molecular weight excluding hydrogens is 514 g/mol. The third-order valence-corrected chi connectivity index (χ3v) is 7.31. The van der Waals surface area contributed by atoms with Crippen LogP contribution in [0.1, 0.15) is 18.1 Å². The topological polar surface area (TPSA) is 104 Å². The van der Waals surface area contributed by atoms with Crippen LogP contribution in [0.3, 0.4) is 0 Å². The molecular formula is C30H27N3O5S. The SMILES string of the molecule is COc1cccc(/C=C2\SC(=Nc3ccccc3)N(CCc3c[nH]c4ccccc34)C2=O)c1O[C@H](C)C(=O)O. The van der Waals surface area contributed by atoms with Crippen molar-refractivity contribution in [2.24, 2.45) is 4.99 Å². The number of methoxy groups -OCH3 is 1. The lowest BCUT2D eigenvalue weighted by Crippen LogP contribution is -2.31. The zero-order chi connectivity index (χ0) is 27.4. The number of aromatic nitrogens is 1. The number of aliphatic carboxylic acids is 1. The first-order valence-corrected chi connectivity index (χ1v) is 13.2. The zero-order valence-electron chi connectivity index (χ0n) is 21.5. The van der Waals surface area contributed by atoms with Crippen LogP contribution < -0.4 is 9.47 Å². The molecule has 2 N–H and O–H groups in total. The molecule has 5 rings (SSSR count). The average Bonchev–Trinajstić information content (AvgIpc) is 3.49. The van der Waals surface area contributed by atoms with Gasteiger partial charge in [-0.3, -0.25) is 9.69 Å². The lowest BCUT2D eigenvalue weighted by molar-refractivity contribution is -0.144. The minimum atomic E-state index is -1.11. The normalized spacial score (nSPS) is 16.3. The standard InChI is InChI=1S/C30H27N3O5S/c1-19(29(35)36)38-27-20(9-8-14-25(27)37-2)17-26-28(34)33(30(39-26)32-22-10-4-3-5-11-22)16-15-21-18-31-24-13-7-6-12-23(21)24/h3-14,17-19,31H,15-16H2,1-2H3,(H,35,36)/b26-17-,32-30?/t19-/m1/s1. The molecule has 2 heterocycles. The number of H-pyrrole nitrogens is 1. The van der Waals surface area contributed by atoms with Gasteiger partial charge in [0, 0.05) is 29.2 Å². The van der Waals surface area contributed by atoms with Gasteiger partial charge in [0.1, 0.15) is 0 Å². The van der Waals surface area contributed by atoms with Crippen molar-refractivity contribution in [3.8, 4) is 11.5 Å². The second-order valence-corrected chi connectivity index (χ2v) is 9.89. The quantitative estimate of drug-likeness (QED) is 0.257. The van der Waals surface area contributed by atoms with Gasteiger partial charge in [-0.15, -0.1) is 0 Å². The first kappa shape index (κ1) is 26.1. The highest BCUT2D eigenvalue weighted by Gasteiger charge is 2.34. The number of nitrogens with zero attached hydrogens (tertiary/aromatic N) is 2. The van der Waals surface area contributed by atoms with E-state index in [0.29, 0.717) is 34.4 Å². The first-order chi connectivity index (χ1) is 18.9. The van der Waals surface area contributed by atoms with E-state index >= 15 is 0 Å². The maximum atomic E-state index is 13.7. The number of para-hydroxylation sites is 3. The fraction of sp³-hybridized carbons (Fsp3) is 0.167. The number of benzene rings is 3. The van der Waals surface area contributed by atoms with Gasteiger partial charge in [0.05, 0.1) is 17.7 Å². The third kappa shape index (κ3) is 5.68. The van der Waals surface area contributed by atoms with Crippen molar-refractivity contribution in [2.75, 3.05) is 13.7 Å². The summed E-state index contributed by atoms with van der Waals surface area (Å²) >= 11 is 1.27. The number of aliphatic imine (C=N–C) groups is 1. The summed E-state index contributed by atoms with van der Waals surface area (Å²) in [5.41, 5.74) is 3.45. The van der Waals surface area contributed by atoms with Crippen LogP contribution in [0.5, 0.6) is 11.5 Å². The Bertz CT molecular complexity index is 1580. The van der Waals surface area contributed by atoms with E-state index in [4.69, 9.17) is 14.5 Å². The number of carboxylic acids is 1. The summed E-state index contributed by atoms with van der Waals surface area (Å²) in [5, 5.41) is 11.1. The Morgan fingerprint density at radius 1 is 1.10 bits per heavy atom. The van der Waals surface area contributed by atoms with Crippen molar-refractivity contribution in [1.29, 1.82) is 0 Å². The molecule has 39 heavy (non-hydrogen) atoms. The van der Waals surface area contributed by atoms with Crippen LogP contribution in [0.15, 0.2) is 88.9 Å². The fourth-order valence-corrected chi connectivity index (χ4v) is 5.29. The van der Waals surface area contributed by atoms with Gasteiger partial charge in [0.2, 0.25) is 0 Å². The highest BCUT2D eigenvalue weighted by molar-refractivity contribution is 8.18. The van der Waals surface area contributed by atoms with E-state index in [1.165, 1.54) is 25.8 Å². The van der Waals surface area contributed by atoms with E-state index in [1.807, 2.05) is 54.7 Å². The van der Waals surface area contributed by atoms with Crippen molar-refractivity contribution in [1.82, 2.24) is 9.88 Å². The molecule has 8 nitrogen and oxygen atoms in total. The van der Waals surface area contributed by atoms with Crippen LogP contribution >= 0.6 is 11.8 Å². The molecule has 0 radical (unpaired) electrons. The molecule has 0 spiro atoms. The Morgan fingerprint density at radius 2 is 1.87 bits per heavy atom. The Morgan fingerprint density at radius 3 is 2.64 bits per heavy atom. The number of carbonyl (C=O) groups excluding carboxylic acids is 1. The number of amidine groups is 1. The number of thioether (sulfide) groups is 1. The molecule has 4 aromatic rings. The maximum absolute atomic E-state index is 13.7. The Labute approximate surface area is 230 Å². The van der Waals surface area contributed by atoms with Crippen molar-refractivity contribution in [2.45, 2.75) is 19.4 Å². The number of carbonyl (C=O) groups is 2. The molecule has 1 aliphatic heterocycles. The second kappa shape index (κ2) is 11.5. The molecule has 1 aliphatic rings. The summed E-state index contributed by atoms with van der Waals surface area (Å²) in [6, 6.07) is 22.8. The monoisotopic (exact) mass is 541 g/mol. The molecule has 1 aromatic heterocycles. The predicted octanol–water partition coefficient (Wildman–Crippen LogP) is 5.88. The largest absolute Gasteiger partial charge is 0.493 e. The summed E-state index contributed by atoms with van der Waals surface area (Å²) in [6.45, 7) is 1.88. The lowest BCUT2D eigenvalue weighted by atomic mass is 10.1. The summed E-state index contributed by atoms with van der Waals surface area (Å²) in [6.07, 6.45) is 3.22. The van der Waals surface area contributed by atoms with Gasteiger partial charge >= 0.3 is 5.97 Å². The third-order valence-electron chi connectivity index (χ3n) is 6.31. The van der Waals surface area contributed by atoms with Gasteiger partial charge in [-0.1, -0.05) is 48.5 Å². The lowest BCUT2D eigenvalue weighted by Gasteiger charge is -2.16. The number of hydrogen-bond acceptors (Lipinski definition) is 6. The molecule has 0 bridgehead atoms. The van der Waals surface area contributed by atoms with E-state index in [0.717, 1.165) is 22.2 Å². The molecule has 3 aromatic carbocycles. The number of rotatable bonds is 9. The number of carboxylic acid groups (broad SMARTS) is 1. The van der Waals surface area contributed by atoms with Crippen molar-refractivity contribution >= 4 is 51.5 Å². The van der Waals surface area contributed by atoms with E-state index in [-0.39, 0.29) is 11.7 Å². The molecule has 1 amide bonds. The van der Waals surface area contributed by atoms with Crippen LogP contribution in [-0.4, -0.2) is 51.8 Å². The maximum Gasteiger partial charge on any atom is 0.344 e. The molecule has 0 aliphatic carbocycles. The van der Waals surface area contributed by atoms with Crippen LogP contribution in [0.4, 0.5) is 5.69 Å². The van der Waals surface area contributed by atoms with Crippen LogP contribution in [0.2, 0.25) is 0 Å². The molecule has 1 fully saturated rings. The van der Waals surface area contributed by atoms with Gasteiger partial charge in [0.15, 0.2) is 22.8 Å². The minimum absolute atomic E-state index is 0.186. The van der Waals surface area contributed by atoms with E-state index in [1.54, 1.807) is 29.2 Å². The summed E-state index contributed by atoms with van der Waals surface area (Å²) in [4.78, 5) is 35.4. The zero-order valence-corrected chi connectivity index (χ0v) is 22.3. The summed E-state index contributed by atoms with van der Waals surface area (Å²) < 4.78 is 11.1. The highest BCUT2D eigenvalue weighted by Crippen LogP contribution is 2.39. The van der Waals surface area contributed by atoms with Crippen LogP contribution in [-0.2, 0) is 16.0 Å². The van der Waals surface area contributed by atoms with Crippen LogP contribution in [0.25, 0.3) is 17.0 Å².